The van der Waals surface area contributed by atoms with E-state index in [0.29, 0.717) is 5.92 Å². The Kier molecular flexibility index (Phi) is 6.49. The number of H-pyrrole nitrogens is 1. The Balaban J connectivity index is 2.18. The maximum atomic E-state index is 4.62. The number of hydrogen-bond acceptors (Lipinski definition) is 1. The van der Waals surface area contributed by atoms with Crippen molar-refractivity contribution in [2.24, 2.45) is 0 Å². The normalized spacial score (nSPS) is 11.6. The second kappa shape index (κ2) is 8.37. The molecule has 112 valence electrons. The minimum absolute atomic E-state index is 0.565. The van der Waals surface area contributed by atoms with Crippen LogP contribution in [0.5, 0.6) is 0 Å². The SMILES string of the molecule is CCCC(CCC)c1ncc(-c2ccc(C=C[123I])cc2)[nH]1. The zero-order chi connectivity index (χ0) is 15.1. The summed E-state index contributed by atoms with van der Waals surface area (Å²) in [5, 5.41) is 0. The zero-order valence-corrected chi connectivity index (χ0v) is 14.9. The summed E-state index contributed by atoms with van der Waals surface area (Å²) in [6.07, 6.45) is 8.90. The van der Waals surface area contributed by atoms with Crippen LogP contribution in [0.15, 0.2) is 34.5 Å². The lowest BCUT2D eigenvalue weighted by Crippen LogP contribution is -2.00. The third-order valence-corrected chi connectivity index (χ3v) is 4.09. The summed E-state index contributed by atoms with van der Waals surface area (Å²) in [7, 11) is 0. The first-order valence-electron chi connectivity index (χ1n) is 7.70. The zero-order valence-electron chi connectivity index (χ0n) is 12.8. The molecule has 2 rings (SSSR count). The number of nitrogens with one attached hydrogen (secondary N) is 1. The van der Waals surface area contributed by atoms with Crippen LogP contribution in [0.1, 0.15) is 56.8 Å². The van der Waals surface area contributed by atoms with E-state index in [1.165, 1.54) is 36.8 Å². The fourth-order valence-corrected chi connectivity index (χ4v) is 3.07. The minimum atomic E-state index is 0.565. The van der Waals surface area contributed by atoms with Crippen molar-refractivity contribution in [3.05, 3.63) is 45.9 Å². The third kappa shape index (κ3) is 4.43. The van der Waals surface area contributed by atoms with Gasteiger partial charge in [-0.25, -0.2) is 4.98 Å². The Morgan fingerprint density at radius 1 is 1.14 bits per heavy atom. The molecule has 0 saturated heterocycles. The highest BCUT2D eigenvalue weighted by Gasteiger charge is 2.13. The van der Waals surface area contributed by atoms with Crippen molar-refractivity contribution in [3.8, 4) is 11.3 Å². The highest BCUT2D eigenvalue weighted by molar-refractivity contribution is 14.1. The Labute approximate surface area is 141 Å². The fourth-order valence-electron chi connectivity index (χ4n) is 2.65. The van der Waals surface area contributed by atoms with Gasteiger partial charge in [0.05, 0.1) is 11.9 Å². The minimum Gasteiger partial charge on any atom is -0.342 e. The molecule has 0 aliphatic heterocycles. The van der Waals surface area contributed by atoms with Crippen LogP contribution < -0.4 is 0 Å². The summed E-state index contributed by atoms with van der Waals surface area (Å²) in [6, 6.07) is 8.58. The first-order chi connectivity index (χ1) is 10.3. The summed E-state index contributed by atoms with van der Waals surface area (Å²) < 4.78 is 2.03. The molecule has 1 heterocycles. The van der Waals surface area contributed by atoms with Crippen LogP contribution in [-0.4, -0.2) is 9.97 Å². The lowest BCUT2D eigenvalue weighted by atomic mass is 9.98. The Hall–Kier alpha value is -1.10. The number of aromatic nitrogens is 2. The van der Waals surface area contributed by atoms with Gasteiger partial charge in [-0.05, 0) is 34.1 Å². The predicted molar refractivity (Wildman–Crippen MR) is 99.6 cm³/mol. The summed E-state index contributed by atoms with van der Waals surface area (Å²) in [6.45, 7) is 4.48. The molecule has 0 radical (unpaired) electrons. The second-order valence-electron chi connectivity index (χ2n) is 5.37. The van der Waals surface area contributed by atoms with Crippen LogP contribution in [-0.2, 0) is 0 Å². The molecule has 0 aliphatic rings. The van der Waals surface area contributed by atoms with Gasteiger partial charge < -0.3 is 4.98 Å². The lowest BCUT2D eigenvalue weighted by Gasteiger charge is -2.11. The molecule has 0 saturated carbocycles. The molecule has 0 aliphatic carbocycles. The Morgan fingerprint density at radius 2 is 1.81 bits per heavy atom. The van der Waals surface area contributed by atoms with Gasteiger partial charge in [-0.2, -0.15) is 0 Å². The van der Waals surface area contributed by atoms with E-state index >= 15 is 0 Å². The molecule has 1 N–H and O–H groups in total. The number of imidazole rings is 1. The van der Waals surface area contributed by atoms with Gasteiger partial charge in [0, 0.05) is 5.92 Å². The highest BCUT2D eigenvalue weighted by atomic mass is 123. The number of aromatic amines is 1. The third-order valence-electron chi connectivity index (χ3n) is 3.73. The topological polar surface area (TPSA) is 28.7 Å². The van der Waals surface area contributed by atoms with Crippen LogP contribution in [0.25, 0.3) is 17.3 Å². The van der Waals surface area contributed by atoms with Gasteiger partial charge >= 0.3 is 0 Å². The molecular formula is C18H23IN2. The van der Waals surface area contributed by atoms with E-state index in [1.54, 1.807) is 0 Å². The molecule has 0 fully saturated rings. The van der Waals surface area contributed by atoms with Gasteiger partial charge in [0.1, 0.15) is 5.82 Å². The van der Waals surface area contributed by atoms with Crippen molar-refractivity contribution in [2.45, 2.75) is 45.4 Å². The monoisotopic (exact) mass is 390 g/mol. The number of nitrogens with zero attached hydrogens (tertiary/aromatic N) is 1. The number of halogens is 1. The maximum absolute atomic E-state index is 4.62. The average Bonchev–Trinajstić information content (AvgIpc) is 2.98. The van der Waals surface area contributed by atoms with Crippen molar-refractivity contribution < 1.29 is 0 Å². The van der Waals surface area contributed by atoms with Crippen LogP contribution >= 0.6 is 22.6 Å². The summed E-state index contributed by atoms with van der Waals surface area (Å²) >= 11 is 2.24. The molecule has 0 atom stereocenters. The van der Waals surface area contributed by atoms with Crippen molar-refractivity contribution >= 4 is 28.7 Å². The van der Waals surface area contributed by atoms with Gasteiger partial charge in [-0.1, -0.05) is 73.5 Å². The highest BCUT2D eigenvalue weighted by Crippen LogP contribution is 2.26. The molecule has 2 aromatic rings. The van der Waals surface area contributed by atoms with Crippen LogP contribution in [0.2, 0.25) is 0 Å². The van der Waals surface area contributed by atoms with Crippen molar-refractivity contribution in [3.63, 3.8) is 0 Å². The van der Waals surface area contributed by atoms with Crippen molar-refractivity contribution in [1.29, 1.82) is 0 Å². The molecule has 1 aromatic heterocycles. The Morgan fingerprint density at radius 3 is 2.38 bits per heavy atom. The molecule has 21 heavy (non-hydrogen) atoms. The molecule has 2 nitrogen and oxygen atoms in total. The quantitative estimate of drug-likeness (QED) is 0.563. The molecule has 0 spiro atoms. The smallest absolute Gasteiger partial charge is 0.109 e. The molecular weight excluding hydrogens is 367 g/mol. The standard InChI is InChI=1S/C18H23IN2/c1-3-5-16(6-4-2)18-20-13-17(21-18)15-9-7-14(8-10-15)11-12-19/h7-13,16H,3-6H2,1-2H3,(H,20,21)/i19-4. The Bertz CT molecular complexity index is 563. The first-order valence-corrected chi connectivity index (χ1v) is 8.95. The summed E-state index contributed by atoms with van der Waals surface area (Å²) in [5.41, 5.74) is 3.54. The molecule has 0 amide bonds. The average molecular weight is 390 g/mol. The fraction of sp³-hybridized carbons (Fsp3) is 0.389. The predicted octanol–water partition coefficient (Wildman–Crippen LogP) is 6.17. The van der Waals surface area contributed by atoms with Gasteiger partial charge in [-0.3, -0.25) is 0 Å². The van der Waals surface area contributed by atoms with Gasteiger partial charge in [0.25, 0.3) is 0 Å². The number of hydrogen-bond donors (Lipinski definition) is 1. The van der Waals surface area contributed by atoms with E-state index in [-0.39, 0.29) is 0 Å². The second-order valence-corrected chi connectivity index (χ2v) is 6.09. The van der Waals surface area contributed by atoms with Crippen molar-refractivity contribution in [2.75, 3.05) is 0 Å². The number of benzene rings is 1. The van der Waals surface area contributed by atoms with E-state index in [2.05, 4.69) is 76.7 Å². The van der Waals surface area contributed by atoms with Crippen molar-refractivity contribution in [1.82, 2.24) is 9.97 Å². The number of rotatable bonds is 7. The van der Waals surface area contributed by atoms with E-state index in [9.17, 15) is 0 Å². The maximum Gasteiger partial charge on any atom is 0.109 e. The largest absolute Gasteiger partial charge is 0.342 e. The molecule has 1 aromatic carbocycles. The molecule has 0 bridgehead atoms. The van der Waals surface area contributed by atoms with E-state index < -0.39 is 0 Å². The van der Waals surface area contributed by atoms with E-state index in [0.717, 1.165) is 11.5 Å². The van der Waals surface area contributed by atoms with Crippen LogP contribution in [0.4, 0.5) is 0 Å². The molecule has 0 unspecified atom stereocenters. The van der Waals surface area contributed by atoms with Gasteiger partial charge in [0.2, 0.25) is 0 Å². The lowest BCUT2D eigenvalue weighted by molar-refractivity contribution is 0.538. The summed E-state index contributed by atoms with van der Waals surface area (Å²) in [5.74, 6) is 1.71. The first kappa shape index (κ1) is 16.3. The van der Waals surface area contributed by atoms with Crippen LogP contribution in [0.3, 0.4) is 0 Å². The molecule has 3 heteroatoms. The van der Waals surface area contributed by atoms with E-state index in [1.807, 2.05) is 10.3 Å². The van der Waals surface area contributed by atoms with Crippen LogP contribution in [0, 0.1) is 0 Å². The van der Waals surface area contributed by atoms with Gasteiger partial charge in [-0.15, -0.1) is 0 Å². The van der Waals surface area contributed by atoms with E-state index in [4.69, 9.17) is 0 Å². The summed E-state index contributed by atoms with van der Waals surface area (Å²) in [4.78, 5) is 8.14. The van der Waals surface area contributed by atoms with Gasteiger partial charge in [0.15, 0.2) is 0 Å².